The molecule has 0 saturated carbocycles. The molecule has 2 aromatic rings. The molecule has 10 heteroatoms. The third-order valence-electron chi connectivity index (χ3n) is 4.97. The first-order valence-electron chi connectivity index (χ1n) is 9.29. The molecule has 0 aromatic heterocycles. The van der Waals surface area contributed by atoms with E-state index in [9.17, 15) is 18.0 Å². The number of anilines is 1. The van der Waals surface area contributed by atoms with E-state index in [2.05, 4.69) is 5.32 Å². The number of hydrogen-bond acceptors (Lipinski definition) is 4. The Morgan fingerprint density at radius 2 is 1.97 bits per heavy atom. The first kappa shape index (κ1) is 22.1. The summed E-state index contributed by atoms with van der Waals surface area (Å²) in [6.07, 6.45) is 0.990. The Bertz CT molecular complexity index is 1070. The second-order valence-corrected chi connectivity index (χ2v) is 8.64. The highest BCUT2D eigenvalue weighted by atomic mass is 35.5. The van der Waals surface area contributed by atoms with E-state index in [0.29, 0.717) is 23.4 Å². The summed E-state index contributed by atoms with van der Waals surface area (Å²) in [5, 5.41) is 3.19. The van der Waals surface area contributed by atoms with Crippen LogP contribution < -0.4 is 10.0 Å². The first-order valence-corrected chi connectivity index (χ1v) is 11.1. The van der Waals surface area contributed by atoms with Crippen LogP contribution >= 0.6 is 11.6 Å². The van der Waals surface area contributed by atoms with Crippen LogP contribution in [-0.2, 0) is 39.3 Å². The Kier molecular flexibility index (Phi) is 6.64. The Balaban J connectivity index is 1.81. The van der Waals surface area contributed by atoms with Gasteiger partial charge in [-0.2, -0.15) is 8.42 Å². The van der Waals surface area contributed by atoms with E-state index in [1.54, 1.807) is 24.3 Å². The van der Waals surface area contributed by atoms with Crippen LogP contribution in [0.5, 0.6) is 0 Å². The fraction of sp³-hybridized carbons (Fsp3) is 0.300. The number of hydrogen-bond donors (Lipinski definition) is 3. The molecular formula is C20H22ClN3O5S. The number of benzene rings is 2. The summed E-state index contributed by atoms with van der Waals surface area (Å²) in [7, 11) is -2.89. The molecule has 2 aromatic carbocycles. The van der Waals surface area contributed by atoms with Crippen LogP contribution in [0.2, 0.25) is 5.02 Å². The maximum atomic E-state index is 13.0. The minimum atomic E-state index is -4.41. The van der Waals surface area contributed by atoms with E-state index in [-0.39, 0.29) is 30.5 Å². The van der Waals surface area contributed by atoms with Crippen molar-refractivity contribution < 1.29 is 22.6 Å². The van der Waals surface area contributed by atoms with Crippen molar-refractivity contribution in [3.8, 4) is 0 Å². The normalized spacial score (nSPS) is 16.0. The van der Waals surface area contributed by atoms with Crippen LogP contribution in [0.1, 0.15) is 23.1 Å². The minimum Gasteiger partial charge on any atom is -0.357 e. The number of amides is 2. The quantitative estimate of drug-likeness (QED) is 0.582. The van der Waals surface area contributed by atoms with Crippen molar-refractivity contribution in [2.24, 2.45) is 0 Å². The van der Waals surface area contributed by atoms with Crippen molar-refractivity contribution in [1.29, 1.82) is 0 Å². The summed E-state index contributed by atoms with van der Waals surface area (Å²) in [4.78, 5) is 26.9. The zero-order chi connectivity index (χ0) is 21.9. The average molecular weight is 452 g/mol. The molecular weight excluding hydrogens is 430 g/mol. The van der Waals surface area contributed by atoms with Gasteiger partial charge in [0.2, 0.25) is 11.8 Å². The van der Waals surface area contributed by atoms with Crippen LogP contribution in [0.25, 0.3) is 0 Å². The molecule has 1 unspecified atom stereocenters. The number of likely N-dealkylation sites (N-methyl/N-ethyl adjacent to an activating group) is 1. The number of carbonyl (C=O) groups is 2. The molecule has 1 aliphatic heterocycles. The van der Waals surface area contributed by atoms with Crippen molar-refractivity contribution in [1.82, 2.24) is 10.2 Å². The summed E-state index contributed by atoms with van der Waals surface area (Å²) < 4.78 is 33.2. The highest BCUT2D eigenvalue weighted by molar-refractivity contribution is 7.87. The molecule has 0 aliphatic carbocycles. The molecule has 3 rings (SSSR count). The number of halogens is 1. The molecule has 3 N–H and O–H groups in total. The second-order valence-electron chi connectivity index (χ2n) is 7.05. The molecule has 1 heterocycles. The number of carbonyl (C=O) groups excluding carboxylic acids is 2. The summed E-state index contributed by atoms with van der Waals surface area (Å²) in [6.45, 7) is 0.156. The summed E-state index contributed by atoms with van der Waals surface area (Å²) in [6, 6.07) is 11.3. The van der Waals surface area contributed by atoms with E-state index >= 15 is 0 Å². The Morgan fingerprint density at radius 3 is 2.63 bits per heavy atom. The molecule has 0 bridgehead atoms. The van der Waals surface area contributed by atoms with E-state index in [0.717, 1.165) is 11.1 Å². The van der Waals surface area contributed by atoms with Crippen molar-refractivity contribution in [3.05, 3.63) is 64.2 Å². The van der Waals surface area contributed by atoms with Gasteiger partial charge in [0.15, 0.2) is 0 Å². The summed E-state index contributed by atoms with van der Waals surface area (Å²) >= 11 is 5.99. The molecule has 160 valence electrons. The predicted molar refractivity (Wildman–Crippen MR) is 113 cm³/mol. The molecule has 0 fully saturated rings. The monoisotopic (exact) mass is 451 g/mol. The lowest BCUT2D eigenvalue weighted by atomic mass is 9.92. The fourth-order valence-corrected chi connectivity index (χ4v) is 4.18. The minimum absolute atomic E-state index is 0.156. The predicted octanol–water partition coefficient (Wildman–Crippen LogP) is 2.19. The third kappa shape index (κ3) is 5.50. The maximum Gasteiger partial charge on any atom is 0.357 e. The van der Waals surface area contributed by atoms with Gasteiger partial charge in [-0.25, -0.2) is 0 Å². The molecule has 8 nitrogen and oxygen atoms in total. The lowest BCUT2D eigenvalue weighted by Gasteiger charge is -2.36. The maximum absolute atomic E-state index is 13.0. The average Bonchev–Trinajstić information content (AvgIpc) is 2.69. The highest BCUT2D eigenvalue weighted by Crippen LogP contribution is 2.27. The van der Waals surface area contributed by atoms with Crippen LogP contribution in [-0.4, -0.2) is 42.8 Å². The lowest BCUT2D eigenvalue weighted by molar-refractivity contribution is -0.141. The zero-order valence-corrected chi connectivity index (χ0v) is 17.8. The van der Waals surface area contributed by atoms with Crippen LogP contribution in [0.3, 0.4) is 0 Å². The van der Waals surface area contributed by atoms with Gasteiger partial charge in [-0.3, -0.25) is 18.9 Å². The van der Waals surface area contributed by atoms with Gasteiger partial charge in [0.1, 0.15) is 6.04 Å². The SMILES string of the molecule is CNC(=O)C1Cc2ccc(NS(=O)(=O)O)cc2CN1C(=O)CCc1cccc(Cl)c1. The zero-order valence-electron chi connectivity index (χ0n) is 16.3. The van der Waals surface area contributed by atoms with Gasteiger partial charge in [0.25, 0.3) is 0 Å². The summed E-state index contributed by atoms with van der Waals surface area (Å²) in [5.74, 6) is -0.459. The number of fused-ring (bicyclic) bond motifs is 1. The van der Waals surface area contributed by atoms with Crippen LogP contribution in [0.4, 0.5) is 5.69 Å². The molecule has 0 spiro atoms. The third-order valence-corrected chi connectivity index (χ3v) is 5.70. The topological polar surface area (TPSA) is 116 Å². The number of nitrogens with zero attached hydrogens (tertiary/aromatic N) is 1. The summed E-state index contributed by atoms with van der Waals surface area (Å²) in [5.41, 5.74) is 2.65. The Morgan fingerprint density at radius 1 is 1.20 bits per heavy atom. The number of rotatable bonds is 6. The molecule has 1 atom stereocenters. The van der Waals surface area contributed by atoms with Gasteiger partial charge in [-0.15, -0.1) is 0 Å². The van der Waals surface area contributed by atoms with Gasteiger partial charge in [-0.1, -0.05) is 29.8 Å². The van der Waals surface area contributed by atoms with Gasteiger partial charge in [-0.05, 0) is 47.4 Å². The lowest BCUT2D eigenvalue weighted by Crippen LogP contribution is -2.52. The van der Waals surface area contributed by atoms with Gasteiger partial charge >= 0.3 is 10.3 Å². The van der Waals surface area contributed by atoms with Crippen molar-refractivity contribution in [2.75, 3.05) is 11.8 Å². The molecule has 0 saturated heterocycles. The largest absolute Gasteiger partial charge is 0.357 e. The molecule has 2 amide bonds. The Hall–Kier alpha value is -2.62. The van der Waals surface area contributed by atoms with E-state index in [1.165, 1.54) is 18.0 Å². The van der Waals surface area contributed by atoms with Crippen molar-refractivity contribution in [2.45, 2.75) is 31.8 Å². The van der Waals surface area contributed by atoms with Gasteiger partial charge in [0.05, 0.1) is 5.69 Å². The fourth-order valence-electron chi connectivity index (χ4n) is 3.55. The van der Waals surface area contributed by atoms with E-state index < -0.39 is 16.3 Å². The molecule has 30 heavy (non-hydrogen) atoms. The van der Waals surface area contributed by atoms with Gasteiger partial charge < -0.3 is 10.2 Å². The van der Waals surface area contributed by atoms with Gasteiger partial charge in [0, 0.05) is 31.5 Å². The van der Waals surface area contributed by atoms with Crippen molar-refractivity contribution >= 4 is 39.4 Å². The van der Waals surface area contributed by atoms with Crippen LogP contribution in [0, 0.1) is 0 Å². The standard InChI is InChI=1S/C20H22ClN3O5S/c1-22-20(26)18-11-14-6-7-17(23-30(27,28)29)10-15(14)12-24(18)19(25)8-5-13-3-2-4-16(21)9-13/h2-4,6-7,9-10,18,23H,5,8,11-12H2,1H3,(H,22,26)(H,27,28,29). The Labute approximate surface area is 180 Å². The van der Waals surface area contributed by atoms with E-state index in [4.69, 9.17) is 16.2 Å². The first-order chi connectivity index (χ1) is 14.2. The van der Waals surface area contributed by atoms with E-state index in [1.807, 2.05) is 16.9 Å². The van der Waals surface area contributed by atoms with Crippen molar-refractivity contribution in [3.63, 3.8) is 0 Å². The van der Waals surface area contributed by atoms with Crippen LogP contribution in [0.15, 0.2) is 42.5 Å². The molecule has 1 aliphatic rings. The smallest absolute Gasteiger partial charge is 0.357 e. The second kappa shape index (κ2) is 9.03. The number of aryl methyl sites for hydroxylation is 1. The molecule has 0 radical (unpaired) electrons. The number of nitrogens with one attached hydrogen (secondary N) is 2. The highest BCUT2D eigenvalue weighted by Gasteiger charge is 2.34.